The summed E-state index contributed by atoms with van der Waals surface area (Å²) in [5.74, 6) is 0. The molecule has 1 rings (SSSR count). The molecule has 0 aromatic heterocycles. The summed E-state index contributed by atoms with van der Waals surface area (Å²) >= 11 is 0. The van der Waals surface area contributed by atoms with Gasteiger partial charge >= 0.3 is 0 Å². The van der Waals surface area contributed by atoms with Crippen LogP contribution in [0.5, 0.6) is 0 Å². The Morgan fingerprint density at radius 2 is 2.00 bits per heavy atom. The van der Waals surface area contributed by atoms with Crippen molar-refractivity contribution in [3.63, 3.8) is 0 Å². The lowest BCUT2D eigenvalue weighted by Crippen LogP contribution is -2.52. The molecule has 0 aliphatic heterocycles. The molecular formula is C13H27N3O2. The zero-order chi connectivity index (χ0) is 13.6. The van der Waals surface area contributed by atoms with Gasteiger partial charge < -0.3 is 0 Å². The molecule has 0 radical (unpaired) electrons. The highest BCUT2D eigenvalue weighted by molar-refractivity contribution is 4.79. The quantitative estimate of drug-likeness (QED) is 0.417. The molecule has 1 aliphatic carbocycles. The van der Waals surface area contributed by atoms with Gasteiger partial charge in [0.05, 0.1) is 12.7 Å². The molecule has 0 spiro atoms. The summed E-state index contributed by atoms with van der Waals surface area (Å²) in [6, 6.07) is 0.574. The molecule has 0 aromatic rings. The first-order valence-electron chi connectivity index (χ1n) is 7.12. The van der Waals surface area contributed by atoms with E-state index >= 15 is 0 Å². The van der Waals surface area contributed by atoms with Crippen molar-refractivity contribution in [2.24, 2.45) is 0 Å². The second kappa shape index (κ2) is 7.04. The van der Waals surface area contributed by atoms with Crippen LogP contribution >= 0.6 is 0 Å². The fourth-order valence-electron chi connectivity index (χ4n) is 2.37. The maximum atomic E-state index is 11.0. The van der Waals surface area contributed by atoms with Gasteiger partial charge in [0.15, 0.2) is 0 Å². The first kappa shape index (κ1) is 15.4. The Bertz CT molecular complexity index is 267. The minimum absolute atomic E-state index is 0.138. The first-order valence-corrected chi connectivity index (χ1v) is 7.12. The molecule has 0 aromatic carbocycles. The maximum absolute atomic E-state index is 11.0. The number of nitrogens with one attached hydrogen (secondary N) is 2. The maximum Gasteiger partial charge on any atom is 0.231 e. The standard InChI is InChI=1S/C13H27N3O2/c1-4-13(3,16(17)18)10-14-11(2)15-12-8-6-5-7-9-12/h11-12,14-15H,4-10H2,1-3H3. The average molecular weight is 257 g/mol. The lowest BCUT2D eigenvalue weighted by atomic mass is 9.95. The lowest BCUT2D eigenvalue weighted by Gasteiger charge is -2.28. The van der Waals surface area contributed by atoms with E-state index in [9.17, 15) is 10.1 Å². The van der Waals surface area contributed by atoms with E-state index in [1.165, 1.54) is 32.1 Å². The number of rotatable bonds is 7. The summed E-state index contributed by atoms with van der Waals surface area (Å²) in [4.78, 5) is 10.8. The Morgan fingerprint density at radius 3 is 2.50 bits per heavy atom. The normalized spacial score (nSPS) is 22.4. The van der Waals surface area contributed by atoms with Gasteiger partial charge in [0, 0.05) is 24.3 Å². The highest BCUT2D eigenvalue weighted by Crippen LogP contribution is 2.18. The molecule has 0 bridgehead atoms. The van der Waals surface area contributed by atoms with Gasteiger partial charge in [-0.15, -0.1) is 0 Å². The highest BCUT2D eigenvalue weighted by atomic mass is 16.6. The van der Waals surface area contributed by atoms with Crippen molar-refractivity contribution in [1.29, 1.82) is 0 Å². The van der Waals surface area contributed by atoms with E-state index in [0.29, 0.717) is 19.0 Å². The van der Waals surface area contributed by atoms with E-state index in [4.69, 9.17) is 0 Å². The topological polar surface area (TPSA) is 67.2 Å². The van der Waals surface area contributed by atoms with Gasteiger partial charge in [-0.05, 0) is 19.8 Å². The second-order valence-electron chi connectivity index (χ2n) is 5.71. The van der Waals surface area contributed by atoms with Crippen molar-refractivity contribution < 1.29 is 4.92 Å². The summed E-state index contributed by atoms with van der Waals surface area (Å²) in [5, 5.41) is 17.8. The number of nitrogens with zero attached hydrogens (tertiary/aromatic N) is 1. The molecule has 0 saturated heterocycles. The van der Waals surface area contributed by atoms with Crippen LogP contribution in [0.3, 0.4) is 0 Å². The Hall–Kier alpha value is -0.680. The molecule has 0 amide bonds. The highest BCUT2D eigenvalue weighted by Gasteiger charge is 2.34. The second-order valence-corrected chi connectivity index (χ2v) is 5.71. The van der Waals surface area contributed by atoms with Crippen LogP contribution in [-0.2, 0) is 0 Å². The predicted molar refractivity (Wildman–Crippen MR) is 73.2 cm³/mol. The van der Waals surface area contributed by atoms with Crippen molar-refractivity contribution in [2.75, 3.05) is 6.54 Å². The summed E-state index contributed by atoms with van der Waals surface area (Å²) in [6.07, 6.45) is 7.08. The summed E-state index contributed by atoms with van der Waals surface area (Å²) in [6.45, 7) is 6.03. The van der Waals surface area contributed by atoms with Crippen LogP contribution < -0.4 is 10.6 Å². The van der Waals surface area contributed by atoms with Crippen LogP contribution in [0.2, 0.25) is 0 Å². The van der Waals surface area contributed by atoms with Crippen LogP contribution in [0.15, 0.2) is 0 Å². The molecule has 106 valence electrons. The van der Waals surface area contributed by atoms with Gasteiger partial charge in [-0.2, -0.15) is 0 Å². The predicted octanol–water partition coefficient (Wildman–Crippen LogP) is 2.29. The van der Waals surface area contributed by atoms with E-state index in [-0.39, 0.29) is 11.1 Å². The van der Waals surface area contributed by atoms with Gasteiger partial charge in [0.1, 0.15) is 0 Å². The van der Waals surface area contributed by atoms with Gasteiger partial charge in [-0.25, -0.2) is 0 Å². The van der Waals surface area contributed by atoms with E-state index in [1.54, 1.807) is 6.92 Å². The molecule has 5 heteroatoms. The van der Waals surface area contributed by atoms with Crippen molar-refractivity contribution in [3.8, 4) is 0 Å². The minimum atomic E-state index is -0.859. The van der Waals surface area contributed by atoms with E-state index < -0.39 is 5.54 Å². The Balaban J connectivity index is 2.31. The van der Waals surface area contributed by atoms with Gasteiger partial charge in [-0.3, -0.25) is 20.7 Å². The van der Waals surface area contributed by atoms with Crippen LogP contribution in [0, 0.1) is 10.1 Å². The average Bonchev–Trinajstić information content (AvgIpc) is 2.37. The summed E-state index contributed by atoms with van der Waals surface area (Å²) in [5.41, 5.74) is -0.859. The molecule has 18 heavy (non-hydrogen) atoms. The monoisotopic (exact) mass is 257 g/mol. The van der Waals surface area contributed by atoms with Gasteiger partial charge in [-0.1, -0.05) is 26.2 Å². The molecule has 1 saturated carbocycles. The zero-order valence-corrected chi connectivity index (χ0v) is 11.9. The van der Waals surface area contributed by atoms with E-state index in [0.717, 1.165) is 0 Å². The van der Waals surface area contributed by atoms with Gasteiger partial charge in [0.2, 0.25) is 5.54 Å². The van der Waals surface area contributed by atoms with Crippen molar-refractivity contribution >= 4 is 0 Å². The Kier molecular flexibility index (Phi) is 6.02. The minimum Gasteiger partial charge on any atom is -0.299 e. The third kappa shape index (κ3) is 4.53. The number of nitro groups is 1. The van der Waals surface area contributed by atoms with Crippen LogP contribution in [-0.4, -0.2) is 29.2 Å². The lowest BCUT2D eigenvalue weighted by molar-refractivity contribution is -0.563. The fourth-order valence-corrected chi connectivity index (χ4v) is 2.37. The Labute approximate surface area is 110 Å². The molecule has 2 unspecified atom stereocenters. The number of hydrogen-bond acceptors (Lipinski definition) is 4. The fraction of sp³-hybridized carbons (Fsp3) is 1.00. The van der Waals surface area contributed by atoms with Crippen molar-refractivity contribution in [3.05, 3.63) is 10.1 Å². The van der Waals surface area contributed by atoms with Crippen LogP contribution in [0.25, 0.3) is 0 Å². The molecular weight excluding hydrogens is 230 g/mol. The van der Waals surface area contributed by atoms with E-state index in [2.05, 4.69) is 10.6 Å². The third-order valence-corrected chi connectivity index (χ3v) is 4.08. The summed E-state index contributed by atoms with van der Waals surface area (Å²) < 4.78 is 0. The molecule has 2 N–H and O–H groups in total. The number of hydrogen-bond donors (Lipinski definition) is 2. The van der Waals surface area contributed by atoms with Crippen molar-refractivity contribution in [1.82, 2.24) is 10.6 Å². The first-order chi connectivity index (χ1) is 8.48. The van der Waals surface area contributed by atoms with Gasteiger partial charge in [0.25, 0.3) is 0 Å². The largest absolute Gasteiger partial charge is 0.299 e. The zero-order valence-electron chi connectivity index (χ0n) is 11.9. The smallest absolute Gasteiger partial charge is 0.231 e. The van der Waals surface area contributed by atoms with Crippen molar-refractivity contribution in [2.45, 2.75) is 77.0 Å². The van der Waals surface area contributed by atoms with Crippen LogP contribution in [0.1, 0.15) is 59.3 Å². The van der Waals surface area contributed by atoms with Crippen LogP contribution in [0.4, 0.5) is 0 Å². The summed E-state index contributed by atoms with van der Waals surface area (Å²) in [7, 11) is 0. The van der Waals surface area contributed by atoms with E-state index in [1.807, 2.05) is 13.8 Å². The Morgan fingerprint density at radius 1 is 1.39 bits per heavy atom. The molecule has 0 heterocycles. The molecule has 1 aliphatic rings. The third-order valence-electron chi connectivity index (χ3n) is 4.08. The SMILES string of the molecule is CCC(C)(CNC(C)NC1CCCCC1)[N+](=O)[O-]. The molecule has 5 nitrogen and oxygen atoms in total. The molecule has 2 atom stereocenters. The molecule has 1 fully saturated rings.